The zero-order valence-corrected chi connectivity index (χ0v) is 8.99. The van der Waals surface area contributed by atoms with Gasteiger partial charge in [-0.25, -0.2) is 0 Å². The molecule has 0 spiro atoms. The largest absolute Gasteiger partial charge is 0.347 e. The van der Waals surface area contributed by atoms with Gasteiger partial charge < -0.3 is 5.32 Å². The quantitative estimate of drug-likeness (QED) is 0.802. The second kappa shape index (κ2) is 4.01. The van der Waals surface area contributed by atoms with Gasteiger partial charge in [-0.3, -0.25) is 9.78 Å². The molecule has 15 heavy (non-hydrogen) atoms. The lowest BCUT2D eigenvalue weighted by Gasteiger charge is -2.25. The Hall–Kier alpha value is -1.38. The van der Waals surface area contributed by atoms with Crippen LogP contribution in [0.15, 0.2) is 24.5 Å². The first kappa shape index (κ1) is 10.1. The van der Waals surface area contributed by atoms with E-state index in [2.05, 4.69) is 17.2 Å². The minimum atomic E-state index is 0.000351. The molecule has 1 aliphatic carbocycles. The van der Waals surface area contributed by atoms with Gasteiger partial charge in [0.2, 0.25) is 0 Å². The molecule has 1 fully saturated rings. The predicted molar refractivity (Wildman–Crippen MR) is 58.6 cm³/mol. The van der Waals surface area contributed by atoms with Crippen LogP contribution >= 0.6 is 0 Å². The minimum Gasteiger partial charge on any atom is -0.347 e. The van der Waals surface area contributed by atoms with Gasteiger partial charge in [0.25, 0.3) is 5.91 Å². The molecule has 0 radical (unpaired) electrons. The lowest BCUT2D eigenvalue weighted by molar-refractivity contribution is 0.0908. The molecule has 80 valence electrons. The van der Waals surface area contributed by atoms with Crippen molar-refractivity contribution in [1.82, 2.24) is 10.3 Å². The van der Waals surface area contributed by atoms with E-state index in [0.29, 0.717) is 5.56 Å². The van der Waals surface area contributed by atoms with Crippen molar-refractivity contribution in [3.8, 4) is 0 Å². The van der Waals surface area contributed by atoms with Crippen molar-refractivity contribution in [3.05, 3.63) is 30.1 Å². The number of nitrogens with one attached hydrogen (secondary N) is 1. The molecule has 1 aromatic rings. The second-order valence-electron chi connectivity index (χ2n) is 4.46. The van der Waals surface area contributed by atoms with Crippen molar-refractivity contribution in [3.63, 3.8) is 0 Å². The normalized spacial score (nSPS) is 18.7. The fraction of sp³-hybridized carbons (Fsp3) is 0.500. The number of nitrogens with zero attached hydrogens (tertiary/aromatic N) is 1. The van der Waals surface area contributed by atoms with Gasteiger partial charge in [0.15, 0.2) is 0 Å². The maximum atomic E-state index is 11.9. The first-order valence-corrected chi connectivity index (χ1v) is 5.42. The molecule has 0 saturated heterocycles. The molecule has 0 atom stereocenters. The SMILES string of the molecule is CC1(NC(=O)c2ccncc2)CCCC1. The van der Waals surface area contributed by atoms with Crippen molar-refractivity contribution in [2.75, 3.05) is 0 Å². The van der Waals surface area contributed by atoms with E-state index in [4.69, 9.17) is 0 Å². The molecule has 1 N–H and O–H groups in total. The molecule has 3 nitrogen and oxygen atoms in total. The third-order valence-electron chi connectivity index (χ3n) is 3.06. The highest BCUT2D eigenvalue weighted by Gasteiger charge is 2.30. The Kier molecular flexibility index (Phi) is 2.71. The molecule has 0 aromatic carbocycles. The number of carbonyl (C=O) groups is 1. The van der Waals surface area contributed by atoms with E-state index in [1.807, 2.05) is 0 Å². The molecular weight excluding hydrogens is 188 g/mol. The number of rotatable bonds is 2. The van der Waals surface area contributed by atoms with Gasteiger partial charge in [0.1, 0.15) is 0 Å². The summed E-state index contributed by atoms with van der Waals surface area (Å²) >= 11 is 0. The smallest absolute Gasteiger partial charge is 0.251 e. The van der Waals surface area contributed by atoms with Crippen LogP contribution in [0.3, 0.4) is 0 Å². The van der Waals surface area contributed by atoms with E-state index in [1.165, 1.54) is 12.8 Å². The third-order valence-corrected chi connectivity index (χ3v) is 3.06. The summed E-state index contributed by atoms with van der Waals surface area (Å²) in [6, 6.07) is 3.49. The van der Waals surface area contributed by atoms with Crippen LogP contribution in [0, 0.1) is 0 Å². The number of carbonyl (C=O) groups excluding carboxylic acids is 1. The molecule has 1 aliphatic rings. The van der Waals surface area contributed by atoms with Gasteiger partial charge in [-0.1, -0.05) is 12.8 Å². The van der Waals surface area contributed by atoms with Crippen molar-refractivity contribution in [1.29, 1.82) is 0 Å². The van der Waals surface area contributed by atoms with Crippen LogP contribution in [0.4, 0.5) is 0 Å². The monoisotopic (exact) mass is 204 g/mol. The lowest BCUT2D eigenvalue weighted by Crippen LogP contribution is -2.43. The summed E-state index contributed by atoms with van der Waals surface area (Å²) in [5.41, 5.74) is 0.693. The van der Waals surface area contributed by atoms with Crippen LogP contribution in [-0.4, -0.2) is 16.4 Å². The Labute approximate surface area is 89.9 Å². The molecule has 1 aromatic heterocycles. The van der Waals surface area contributed by atoms with Crippen LogP contribution in [0.25, 0.3) is 0 Å². The average molecular weight is 204 g/mol. The highest BCUT2D eigenvalue weighted by Crippen LogP contribution is 2.29. The number of hydrogen-bond acceptors (Lipinski definition) is 2. The molecular formula is C12H16N2O. The predicted octanol–water partition coefficient (Wildman–Crippen LogP) is 2.14. The number of amides is 1. The average Bonchev–Trinajstić information content (AvgIpc) is 2.66. The number of pyridine rings is 1. The molecule has 1 heterocycles. The van der Waals surface area contributed by atoms with Gasteiger partial charge in [0.05, 0.1) is 0 Å². The topological polar surface area (TPSA) is 42.0 Å². The Morgan fingerprint density at radius 1 is 1.33 bits per heavy atom. The molecule has 0 bridgehead atoms. The maximum absolute atomic E-state index is 11.9. The number of hydrogen-bond donors (Lipinski definition) is 1. The second-order valence-corrected chi connectivity index (χ2v) is 4.46. The van der Waals surface area contributed by atoms with E-state index in [-0.39, 0.29) is 11.4 Å². The fourth-order valence-corrected chi connectivity index (χ4v) is 2.13. The molecule has 0 unspecified atom stereocenters. The fourth-order valence-electron chi connectivity index (χ4n) is 2.13. The summed E-state index contributed by atoms with van der Waals surface area (Å²) in [7, 11) is 0. The molecule has 3 heteroatoms. The summed E-state index contributed by atoms with van der Waals surface area (Å²) in [5.74, 6) is 0.0156. The van der Waals surface area contributed by atoms with Crippen LogP contribution in [0.5, 0.6) is 0 Å². The molecule has 1 saturated carbocycles. The van der Waals surface area contributed by atoms with Gasteiger partial charge >= 0.3 is 0 Å². The standard InChI is InChI=1S/C12H16N2O/c1-12(6-2-3-7-12)14-11(15)10-4-8-13-9-5-10/h4-5,8-9H,2-3,6-7H2,1H3,(H,14,15). The molecule has 1 amide bonds. The van der Waals surface area contributed by atoms with E-state index >= 15 is 0 Å². The van der Waals surface area contributed by atoms with E-state index < -0.39 is 0 Å². The summed E-state index contributed by atoms with van der Waals surface area (Å²) in [6.45, 7) is 2.12. The van der Waals surface area contributed by atoms with Crippen LogP contribution in [0.1, 0.15) is 43.0 Å². The first-order valence-electron chi connectivity index (χ1n) is 5.42. The number of aromatic nitrogens is 1. The summed E-state index contributed by atoms with van der Waals surface area (Å²) in [4.78, 5) is 15.8. The Balaban J connectivity index is 2.04. The van der Waals surface area contributed by atoms with Crippen molar-refractivity contribution < 1.29 is 4.79 Å². The highest BCUT2D eigenvalue weighted by atomic mass is 16.1. The Morgan fingerprint density at radius 3 is 2.53 bits per heavy atom. The van der Waals surface area contributed by atoms with Crippen LogP contribution in [0.2, 0.25) is 0 Å². The van der Waals surface area contributed by atoms with E-state index in [1.54, 1.807) is 24.5 Å². The van der Waals surface area contributed by atoms with E-state index in [9.17, 15) is 4.79 Å². The van der Waals surface area contributed by atoms with Gasteiger partial charge in [-0.15, -0.1) is 0 Å². The third kappa shape index (κ3) is 2.35. The van der Waals surface area contributed by atoms with E-state index in [0.717, 1.165) is 12.8 Å². The van der Waals surface area contributed by atoms with Crippen molar-refractivity contribution in [2.45, 2.75) is 38.1 Å². The summed E-state index contributed by atoms with van der Waals surface area (Å²) in [6.07, 6.45) is 7.89. The van der Waals surface area contributed by atoms with Crippen LogP contribution < -0.4 is 5.32 Å². The highest BCUT2D eigenvalue weighted by molar-refractivity contribution is 5.94. The van der Waals surface area contributed by atoms with Crippen molar-refractivity contribution in [2.24, 2.45) is 0 Å². The zero-order chi connectivity index (χ0) is 10.7. The van der Waals surface area contributed by atoms with Gasteiger partial charge in [0, 0.05) is 23.5 Å². The molecule has 2 rings (SSSR count). The minimum absolute atomic E-state index is 0.000351. The first-order chi connectivity index (χ1) is 7.20. The summed E-state index contributed by atoms with van der Waals surface area (Å²) < 4.78 is 0. The summed E-state index contributed by atoms with van der Waals surface area (Å²) in [5, 5.41) is 3.10. The van der Waals surface area contributed by atoms with Gasteiger partial charge in [-0.05, 0) is 31.9 Å². The van der Waals surface area contributed by atoms with Crippen LogP contribution in [-0.2, 0) is 0 Å². The molecule has 0 aliphatic heterocycles. The van der Waals surface area contributed by atoms with Crippen molar-refractivity contribution >= 4 is 5.91 Å². The lowest BCUT2D eigenvalue weighted by atomic mass is 10.0. The Bertz CT molecular complexity index is 342. The van der Waals surface area contributed by atoms with Gasteiger partial charge in [-0.2, -0.15) is 0 Å². The zero-order valence-electron chi connectivity index (χ0n) is 8.99. The maximum Gasteiger partial charge on any atom is 0.251 e. The Morgan fingerprint density at radius 2 is 1.93 bits per heavy atom.